The lowest BCUT2D eigenvalue weighted by Crippen LogP contribution is -2.01. The minimum Gasteiger partial charge on any atom is -0.469 e. The van der Waals surface area contributed by atoms with Gasteiger partial charge in [-0.05, 0) is 36.8 Å². The minimum atomic E-state index is -0.689. The summed E-state index contributed by atoms with van der Waals surface area (Å²) in [5, 5.41) is 10.00. The number of aliphatic hydroxyl groups excluding tert-OH is 1. The predicted molar refractivity (Wildman–Crippen MR) is 66.2 cm³/mol. The van der Waals surface area contributed by atoms with Gasteiger partial charge in [0.2, 0.25) is 0 Å². The Bertz CT molecular complexity index is 522. The predicted octanol–water partition coefficient (Wildman–Crippen LogP) is 3.77. The van der Waals surface area contributed by atoms with Gasteiger partial charge >= 0.3 is 0 Å². The van der Waals surface area contributed by atoms with Gasteiger partial charge in [-0.3, -0.25) is 0 Å². The van der Waals surface area contributed by atoms with Crippen molar-refractivity contribution in [1.82, 2.24) is 0 Å². The van der Waals surface area contributed by atoms with Crippen molar-refractivity contribution in [1.29, 1.82) is 0 Å². The fraction of sp³-hybridized carbons (Fsp3) is 0.231. The van der Waals surface area contributed by atoms with E-state index in [-0.39, 0.29) is 5.82 Å². The first-order valence-electron chi connectivity index (χ1n) is 5.23. The third-order valence-electron chi connectivity index (χ3n) is 2.56. The summed E-state index contributed by atoms with van der Waals surface area (Å²) in [6.07, 6.45) is 1.18. The third-order valence-corrected chi connectivity index (χ3v) is 3.33. The van der Waals surface area contributed by atoms with Gasteiger partial charge in [-0.25, -0.2) is 4.39 Å². The minimum absolute atomic E-state index is 0.307. The molecule has 0 amide bonds. The average Bonchev–Trinajstić information content (AvgIpc) is 2.70. The van der Waals surface area contributed by atoms with E-state index < -0.39 is 6.10 Å². The molecule has 1 unspecified atom stereocenters. The first kappa shape index (κ1) is 12.3. The van der Waals surface area contributed by atoms with Crippen LogP contribution in [0.2, 0.25) is 0 Å². The van der Waals surface area contributed by atoms with Gasteiger partial charge in [-0.1, -0.05) is 15.9 Å². The second kappa shape index (κ2) is 5.02. The Morgan fingerprint density at radius 1 is 1.41 bits per heavy atom. The molecular weight excluding hydrogens is 287 g/mol. The molecule has 2 aromatic rings. The topological polar surface area (TPSA) is 33.4 Å². The average molecular weight is 299 g/mol. The summed E-state index contributed by atoms with van der Waals surface area (Å²) in [5.41, 5.74) is 1.44. The van der Waals surface area contributed by atoms with Crippen molar-refractivity contribution in [3.63, 3.8) is 0 Å². The number of hydrogen-bond donors (Lipinski definition) is 1. The van der Waals surface area contributed by atoms with Crippen LogP contribution in [0.3, 0.4) is 0 Å². The van der Waals surface area contributed by atoms with Crippen LogP contribution in [0, 0.1) is 12.7 Å². The summed E-state index contributed by atoms with van der Waals surface area (Å²) in [6.45, 7) is 1.81. The Kier molecular flexibility index (Phi) is 3.64. The molecule has 2 rings (SSSR count). The highest BCUT2D eigenvalue weighted by atomic mass is 79.9. The Balaban J connectivity index is 2.18. The Hall–Kier alpha value is -1.13. The van der Waals surface area contributed by atoms with E-state index in [0.717, 1.165) is 15.8 Å². The van der Waals surface area contributed by atoms with Crippen LogP contribution in [-0.2, 0) is 6.42 Å². The first-order chi connectivity index (χ1) is 8.06. The summed E-state index contributed by atoms with van der Waals surface area (Å²) in [6, 6.07) is 6.21. The number of furan rings is 1. The maximum Gasteiger partial charge on any atom is 0.123 e. The lowest BCUT2D eigenvalue weighted by Gasteiger charge is -2.10. The van der Waals surface area contributed by atoms with Gasteiger partial charge in [-0.2, -0.15) is 0 Å². The van der Waals surface area contributed by atoms with E-state index in [9.17, 15) is 9.50 Å². The Morgan fingerprint density at radius 3 is 2.82 bits per heavy atom. The zero-order valence-corrected chi connectivity index (χ0v) is 10.9. The van der Waals surface area contributed by atoms with Gasteiger partial charge in [0.25, 0.3) is 0 Å². The molecule has 0 spiro atoms. The van der Waals surface area contributed by atoms with E-state index in [1.165, 1.54) is 18.4 Å². The SMILES string of the molecule is Cc1cc(C(O)Cc2cc(F)ccc2Br)co1. The highest BCUT2D eigenvalue weighted by Crippen LogP contribution is 2.25. The van der Waals surface area contributed by atoms with E-state index in [0.29, 0.717) is 12.0 Å². The molecular formula is C13H12BrFO2. The second-order valence-corrected chi connectivity index (χ2v) is 4.80. The number of rotatable bonds is 3. The number of aliphatic hydroxyl groups is 1. The van der Waals surface area contributed by atoms with E-state index in [2.05, 4.69) is 15.9 Å². The van der Waals surface area contributed by atoms with E-state index in [1.807, 2.05) is 6.92 Å². The summed E-state index contributed by atoms with van der Waals surface area (Å²) in [5.74, 6) is 0.441. The normalized spacial score (nSPS) is 12.7. The molecule has 0 aliphatic carbocycles. The zero-order chi connectivity index (χ0) is 12.4. The molecule has 2 nitrogen and oxygen atoms in total. The number of halogens is 2. The van der Waals surface area contributed by atoms with Crippen molar-refractivity contribution in [2.75, 3.05) is 0 Å². The Labute approximate surface area is 107 Å². The number of benzene rings is 1. The second-order valence-electron chi connectivity index (χ2n) is 3.95. The first-order valence-corrected chi connectivity index (χ1v) is 6.02. The van der Waals surface area contributed by atoms with Crippen LogP contribution in [0.15, 0.2) is 39.4 Å². The van der Waals surface area contributed by atoms with E-state index in [1.54, 1.807) is 12.1 Å². The van der Waals surface area contributed by atoms with Crippen molar-refractivity contribution < 1.29 is 13.9 Å². The lowest BCUT2D eigenvalue weighted by atomic mass is 10.0. The van der Waals surface area contributed by atoms with Crippen LogP contribution >= 0.6 is 15.9 Å². The van der Waals surface area contributed by atoms with Gasteiger partial charge in [0.1, 0.15) is 11.6 Å². The van der Waals surface area contributed by atoms with Gasteiger partial charge in [0.15, 0.2) is 0 Å². The maximum absolute atomic E-state index is 13.1. The fourth-order valence-electron chi connectivity index (χ4n) is 1.66. The van der Waals surface area contributed by atoms with Gasteiger partial charge < -0.3 is 9.52 Å². The smallest absolute Gasteiger partial charge is 0.123 e. The zero-order valence-electron chi connectivity index (χ0n) is 9.28. The van der Waals surface area contributed by atoms with E-state index >= 15 is 0 Å². The van der Waals surface area contributed by atoms with Gasteiger partial charge in [0.05, 0.1) is 12.4 Å². The molecule has 0 saturated heterocycles. The van der Waals surface area contributed by atoms with Crippen LogP contribution in [0.25, 0.3) is 0 Å². The number of hydrogen-bond acceptors (Lipinski definition) is 2. The number of aryl methyl sites for hydroxylation is 1. The summed E-state index contributed by atoms with van der Waals surface area (Å²) < 4.78 is 19.0. The van der Waals surface area contributed by atoms with Crippen molar-refractivity contribution in [2.45, 2.75) is 19.4 Å². The molecule has 1 N–H and O–H groups in total. The van der Waals surface area contributed by atoms with E-state index in [4.69, 9.17) is 4.42 Å². The van der Waals surface area contributed by atoms with Crippen LogP contribution in [0.5, 0.6) is 0 Å². The molecule has 4 heteroatoms. The molecule has 0 bridgehead atoms. The molecule has 0 aliphatic heterocycles. The van der Waals surface area contributed by atoms with Crippen molar-refractivity contribution in [3.8, 4) is 0 Å². The molecule has 0 aliphatic rings. The summed E-state index contributed by atoms with van der Waals surface area (Å²) >= 11 is 3.34. The Morgan fingerprint density at radius 2 is 2.18 bits per heavy atom. The molecule has 0 fully saturated rings. The van der Waals surface area contributed by atoms with Gasteiger partial charge in [-0.15, -0.1) is 0 Å². The third kappa shape index (κ3) is 2.96. The van der Waals surface area contributed by atoms with Crippen molar-refractivity contribution in [2.24, 2.45) is 0 Å². The van der Waals surface area contributed by atoms with Crippen LogP contribution in [-0.4, -0.2) is 5.11 Å². The molecule has 0 radical (unpaired) electrons. The molecule has 17 heavy (non-hydrogen) atoms. The highest BCUT2D eigenvalue weighted by Gasteiger charge is 2.13. The molecule has 0 saturated carbocycles. The summed E-state index contributed by atoms with van der Waals surface area (Å²) in [4.78, 5) is 0. The standard InChI is InChI=1S/C13H12BrFO2/c1-8-4-10(7-17-8)13(16)6-9-5-11(15)2-3-12(9)14/h2-5,7,13,16H,6H2,1H3. The van der Waals surface area contributed by atoms with Crippen LogP contribution in [0.4, 0.5) is 4.39 Å². The molecule has 1 aromatic heterocycles. The summed E-state index contributed by atoms with van der Waals surface area (Å²) in [7, 11) is 0. The fourth-order valence-corrected chi connectivity index (χ4v) is 2.07. The van der Waals surface area contributed by atoms with Crippen LogP contribution in [0.1, 0.15) is 23.0 Å². The molecule has 1 heterocycles. The molecule has 1 aromatic carbocycles. The lowest BCUT2D eigenvalue weighted by molar-refractivity contribution is 0.177. The maximum atomic E-state index is 13.1. The largest absolute Gasteiger partial charge is 0.469 e. The highest BCUT2D eigenvalue weighted by molar-refractivity contribution is 9.10. The molecule has 90 valence electrons. The van der Waals surface area contributed by atoms with Crippen LogP contribution < -0.4 is 0 Å². The van der Waals surface area contributed by atoms with Gasteiger partial charge in [0, 0.05) is 16.5 Å². The molecule has 1 atom stereocenters. The monoisotopic (exact) mass is 298 g/mol. The van der Waals surface area contributed by atoms with Crippen molar-refractivity contribution in [3.05, 3.63) is 57.7 Å². The quantitative estimate of drug-likeness (QED) is 0.936. The van der Waals surface area contributed by atoms with Crippen molar-refractivity contribution >= 4 is 15.9 Å².